The molecule has 0 unspecified atom stereocenters. The fourth-order valence-corrected chi connectivity index (χ4v) is 4.23. The van der Waals surface area contributed by atoms with Gasteiger partial charge in [-0.05, 0) is 61.9 Å². The number of carbonyl (C=O) groups is 1. The second-order valence-electron chi connectivity index (χ2n) is 6.29. The van der Waals surface area contributed by atoms with Crippen molar-refractivity contribution in [2.75, 3.05) is 19.7 Å². The van der Waals surface area contributed by atoms with E-state index in [0.29, 0.717) is 5.41 Å². The third-order valence-electron chi connectivity index (χ3n) is 4.81. The fourth-order valence-electron chi connectivity index (χ4n) is 3.83. The maximum atomic E-state index is 10.9. The molecular formula is C16H20BrNO3. The summed E-state index contributed by atoms with van der Waals surface area (Å²) < 4.78 is 6.86. The molecule has 4 nitrogen and oxygen atoms in total. The first kappa shape index (κ1) is 15.0. The van der Waals surface area contributed by atoms with E-state index < -0.39 is 11.6 Å². The second kappa shape index (κ2) is 5.71. The lowest BCUT2D eigenvalue weighted by Crippen LogP contribution is -2.55. The molecule has 0 amide bonds. The highest BCUT2D eigenvalue weighted by atomic mass is 79.9. The Morgan fingerprint density at radius 3 is 2.67 bits per heavy atom. The molecule has 1 aliphatic heterocycles. The van der Waals surface area contributed by atoms with Crippen LogP contribution in [0.25, 0.3) is 0 Å². The van der Waals surface area contributed by atoms with E-state index >= 15 is 0 Å². The van der Waals surface area contributed by atoms with Crippen LogP contribution in [-0.4, -0.2) is 30.8 Å². The van der Waals surface area contributed by atoms with Gasteiger partial charge in [-0.3, -0.25) is 0 Å². The zero-order valence-corrected chi connectivity index (χ0v) is 13.5. The van der Waals surface area contributed by atoms with Crippen molar-refractivity contribution in [1.82, 2.24) is 5.32 Å². The van der Waals surface area contributed by atoms with Gasteiger partial charge in [-0.2, -0.15) is 0 Å². The van der Waals surface area contributed by atoms with Crippen molar-refractivity contribution in [3.8, 4) is 0 Å². The Kier molecular flexibility index (Phi) is 4.08. The van der Waals surface area contributed by atoms with Crippen LogP contribution < -0.4 is 5.32 Å². The largest absolute Gasteiger partial charge is 0.480 e. The first-order valence-corrected chi connectivity index (χ1v) is 8.16. The average Bonchev–Trinajstić information content (AvgIpc) is 2.43. The summed E-state index contributed by atoms with van der Waals surface area (Å²) in [4.78, 5) is 10.9. The topological polar surface area (TPSA) is 58.6 Å². The smallest absolute Gasteiger partial charge is 0.329 e. The van der Waals surface area contributed by atoms with E-state index in [-0.39, 0.29) is 6.61 Å². The summed E-state index contributed by atoms with van der Waals surface area (Å²) in [5, 5.41) is 12.3. The lowest BCUT2D eigenvalue weighted by atomic mass is 9.53. The first-order valence-electron chi connectivity index (χ1n) is 7.36. The maximum Gasteiger partial charge on any atom is 0.329 e. The molecule has 2 aliphatic rings. The van der Waals surface area contributed by atoms with Gasteiger partial charge in [0.05, 0.1) is 5.60 Å². The van der Waals surface area contributed by atoms with Crippen LogP contribution in [0.3, 0.4) is 0 Å². The predicted molar refractivity (Wildman–Crippen MR) is 83.2 cm³/mol. The summed E-state index contributed by atoms with van der Waals surface area (Å²) in [5.74, 6) is -0.907. The lowest BCUT2D eigenvalue weighted by molar-refractivity contribution is -0.194. The number of hydrogen-bond donors (Lipinski definition) is 2. The van der Waals surface area contributed by atoms with Crippen LogP contribution in [0.1, 0.15) is 31.2 Å². The van der Waals surface area contributed by atoms with Gasteiger partial charge in [-0.15, -0.1) is 0 Å². The average molecular weight is 354 g/mol. The Morgan fingerprint density at radius 2 is 2.05 bits per heavy atom. The Labute approximate surface area is 133 Å². The highest BCUT2D eigenvalue weighted by Gasteiger charge is 2.56. The van der Waals surface area contributed by atoms with Crippen LogP contribution in [0, 0.1) is 5.41 Å². The molecule has 1 saturated heterocycles. The Balaban J connectivity index is 1.82. The van der Waals surface area contributed by atoms with E-state index in [0.717, 1.165) is 48.8 Å². The molecule has 21 heavy (non-hydrogen) atoms. The highest BCUT2D eigenvalue weighted by molar-refractivity contribution is 9.10. The summed E-state index contributed by atoms with van der Waals surface area (Å²) in [6, 6.07) is 8.06. The van der Waals surface area contributed by atoms with E-state index in [1.807, 2.05) is 18.2 Å². The number of nitrogens with one attached hydrogen (secondary N) is 1. The van der Waals surface area contributed by atoms with E-state index in [2.05, 4.69) is 27.3 Å². The Bertz CT molecular complexity index is 532. The molecule has 0 bridgehead atoms. The van der Waals surface area contributed by atoms with Crippen LogP contribution in [0.5, 0.6) is 0 Å². The van der Waals surface area contributed by atoms with Gasteiger partial charge in [0.2, 0.25) is 0 Å². The van der Waals surface area contributed by atoms with Crippen LogP contribution in [-0.2, 0) is 15.1 Å². The minimum atomic E-state index is -0.907. The van der Waals surface area contributed by atoms with E-state index in [1.165, 1.54) is 0 Å². The monoisotopic (exact) mass is 353 g/mol. The number of benzene rings is 1. The Morgan fingerprint density at radius 1 is 1.33 bits per heavy atom. The molecule has 0 radical (unpaired) electrons. The van der Waals surface area contributed by atoms with Gasteiger partial charge in [-0.1, -0.05) is 28.1 Å². The number of ether oxygens (including phenoxy) is 1. The van der Waals surface area contributed by atoms with Gasteiger partial charge >= 0.3 is 5.97 Å². The molecule has 1 saturated carbocycles. The van der Waals surface area contributed by atoms with Crippen LogP contribution in [0.2, 0.25) is 0 Å². The van der Waals surface area contributed by atoms with Crippen LogP contribution in [0.4, 0.5) is 0 Å². The molecule has 2 fully saturated rings. The SMILES string of the molecule is O=C(O)COC1(c2cccc(Br)c2)CC2(CCNCC2)C1. The molecule has 3 rings (SSSR count). The van der Waals surface area contributed by atoms with Crippen molar-refractivity contribution < 1.29 is 14.6 Å². The van der Waals surface area contributed by atoms with Crippen molar-refractivity contribution in [2.24, 2.45) is 5.41 Å². The van der Waals surface area contributed by atoms with Crippen molar-refractivity contribution in [1.29, 1.82) is 0 Å². The number of rotatable bonds is 4. The van der Waals surface area contributed by atoms with Crippen molar-refractivity contribution >= 4 is 21.9 Å². The molecule has 5 heteroatoms. The van der Waals surface area contributed by atoms with Gasteiger partial charge in [0, 0.05) is 4.47 Å². The fraction of sp³-hybridized carbons (Fsp3) is 0.562. The Hall–Kier alpha value is -0.910. The van der Waals surface area contributed by atoms with E-state index in [4.69, 9.17) is 9.84 Å². The molecule has 1 aromatic carbocycles. The van der Waals surface area contributed by atoms with Crippen molar-refractivity contribution in [3.63, 3.8) is 0 Å². The normalized spacial score (nSPS) is 22.7. The lowest BCUT2D eigenvalue weighted by Gasteiger charge is -2.57. The number of piperidine rings is 1. The molecule has 1 aliphatic carbocycles. The summed E-state index contributed by atoms with van der Waals surface area (Å²) in [5.41, 5.74) is 0.980. The number of hydrogen-bond acceptors (Lipinski definition) is 3. The van der Waals surface area contributed by atoms with Crippen LogP contribution >= 0.6 is 15.9 Å². The summed E-state index contributed by atoms with van der Waals surface area (Å²) in [6.07, 6.45) is 4.15. The minimum absolute atomic E-state index is 0.235. The van der Waals surface area contributed by atoms with Gasteiger partial charge < -0.3 is 15.2 Å². The molecular weight excluding hydrogens is 334 g/mol. The quantitative estimate of drug-likeness (QED) is 0.873. The van der Waals surface area contributed by atoms with E-state index in [9.17, 15) is 4.79 Å². The molecule has 114 valence electrons. The van der Waals surface area contributed by atoms with Crippen molar-refractivity contribution in [2.45, 2.75) is 31.3 Å². The molecule has 0 aromatic heterocycles. The number of carboxylic acids is 1. The summed E-state index contributed by atoms with van der Waals surface area (Å²) >= 11 is 3.49. The van der Waals surface area contributed by atoms with Gasteiger partial charge in [-0.25, -0.2) is 4.79 Å². The summed E-state index contributed by atoms with van der Waals surface area (Å²) in [6.45, 7) is 1.86. The molecule has 1 heterocycles. The molecule has 1 spiro atoms. The number of carboxylic acid groups (broad SMARTS) is 1. The zero-order valence-electron chi connectivity index (χ0n) is 11.9. The second-order valence-corrected chi connectivity index (χ2v) is 7.21. The maximum absolute atomic E-state index is 10.9. The third kappa shape index (κ3) is 3.00. The van der Waals surface area contributed by atoms with Gasteiger partial charge in [0.25, 0.3) is 0 Å². The zero-order chi connectivity index (χ0) is 14.9. The first-order chi connectivity index (χ1) is 10.0. The third-order valence-corrected chi connectivity index (χ3v) is 5.30. The van der Waals surface area contributed by atoms with Gasteiger partial charge in [0.15, 0.2) is 0 Å². The van der Waals surface area contributed by atoms with E-state index in [1.54, 1.807) is 0 Å². The predicted octanol–water partition coefficient (Wildman–Crippen LogP) is 2.91. The number of aliphatic carboxylic acids is 1. The molecule has 2 N–H and O–H groups in total. The minimum Gasteiger partial charge on any atom is -0.480 e. The van der Waals surface area contributed by atoms with Crippen LogP contribution in [0.15, 0.2) is 28.7 Å². The van der Waals surface area contributed by atoms with Gasteiger partial charge in [0.1, 0.15) is 6.61 Å². The van der Waals surface area contributed by atoms with Crippen molar-refractivity contribution in [3.05, 3.63) is 34.3 Å². The standard InChI is InChI=1S/C16H20BrNO3/c17-13-3-1-2-12(8-13)16(21-9-14(19)20)10-15(11-16)4-6-18-7-5-15/h1-3,8,18H,4-7,9-11H2,(H,19,20). The molecule has 1 aromatic rings. The number of halogens is 1. The molecule has 0 atom stereocenters. The highest BCUT2D eigenvalue weighted by Crippen LogP contribution is 2.60. The summed E-state index contributed by atoms with van der Waals surface area (Å²) in [7, 11) is 0.